The maximum absolute atomic E-state index is 11.9. The fourth-order valence-corrected chi connectivity index (χ4v) is 3.12. The number of hydrogen-bond donors (Lipinski definition) is 5. The summed E-state index contributed by atoms with van der Waals surface area (Å²) in [6, 6.07) is 9.27. The van der Waals surface area contributed by atoms with Gasteiger partial charge < -0.3 is 26.2 Å². The number of carbonyl (C=O) groups is 3. The van der Waals surface area contributed by atoms with Crippen molar-refractivity contribution in [3.05, 3.63) is 58.7 Å². The van der Waals surface area contributed by atoms with Gasteiger partial charge >= 0.3 is 11.9 Å². The summed E-state index contributed by atoms with van der Waals surface area (Å²) in [5.74, 6) is -2.63. The van der Waals surface area contributed by atoms with E-state index in [1.165, 1.54) is 37.3 Å². The molecule has 2 aromatic rings. The second kappa shape index (κ2) is 10.4. The molecule has 0 fully saturated rings. The SMILES string of the molecule is CC(=O)Nc1cc(/C=C/c2ccccc2C(=O)O)c(C(=O)O)cc1NC(=S)NC(C)C. The fourth-order valence-electron chi connectivity index (χ4n) is 2.77. The van der Waals surface area contributed by atoms with E-state index in [0.717, 1.165) is 0 Å². The summed E-state index contributed by atoms with van der Waals surface area (Å²) in [5, 5.41) is 27.8. The van der Waals surface area contributed by atoms with Gasteiger partial charge in [0.25, 0.3) is 0 Å². The zero-order valence-electron chi connectivity index (χ0n) is 17.2. The van der Waals surface area contributed by atoms with E-state index in [2.05, 4.69) is 16.0 Å². The molecule has 31 heavy (non-hydrogen) atoms. The lowest BCUT2D eigenvalue weighted by atomic mass is 10.0. The van der Waals surface area contributed by atoms with Crippen molar-refractivity contribution in [3.63, 3.8) is 0 Å². The van der Waals surface area contributed by atoms with Gasteiger partial charge in [-0.15, -0.1) is 0 Å². The Morgan fingerprint density at radius 2 is 1.48 bits per heavy atom. The van der Waals surface area contributed by atoms with E-state index in [1.807, 2.05) is 13.8 Å². The quantitative estimate of drug-likeness (QED) is 0.323. The van der Waals surface area contributed by atoms with Gasteiger partial charge in [-0.3, -0.25) is 4.79 Å². The van der Waals surface area contributed by atoms with Crippen molar-refractivity contribution < 1.29 is 24.6 Å². The summed E-state index contributed by atoms with van der Waals surface area (Å²) in [6.45, 7) is 5.13. The molecule has 9 heteroatoms. The van der Waals surface area contributed by atoms with Crippen LogP contribution < -0.4 is 16.0 Å². The van der Waals surface area contributed by atoms with Crippen LogP contribution in [0, 0.1) is 0 Å². The van der Waals surface area contributed by atoms with Crippen molar-refractivity contribution in [1.29, 1.82) is 0 Å². The van der Waals surface area contributed by atoms with Crippen molar-refractivity contribution in [1.82, 2.24) is 5.32 Å². The number of nitrogens with one attached hydrogen (secondary N) is 3. The van der Waals surface area contributed by atoms with E-state index in [9.17, 15) is 24.6 Å². The van der Waals surface area contributed by atoms with Crippen LogP contribution in [0.3, 0.4) is 0 Å². The largest absolute Gasteiger partial charge is 0.478 e. The predicted molar refractivity (Wildman–Crippen MR) is 125 cm³/mol. The van der Waals surface area contributed by atoms with Crippen LogP contribution in [0.5, 0.6) is 0 Å². The van der Waals surface area contributed by atoms with Gasteiger partial charge in [-0.2, -0.15) is 0 Å². The molecule has 2 aromatic carbocycles. The molecule has 0 saturated carbocycles. The van der Waals surface area contributed by atoms with Gasteiger partial charge in [0.1, 0.15) is 0 Å². The zero-order valence-corrected chi connectivity index (χ0v) is 18.0. The van der Waals surface area contributed by atoms with E-state index in [1.54, 1.807) is 18.2 Å². The summed E-state index contributed by atoms with van der Waals surface area (Å²) in [6.07, 6.45) is 3.01. The first-order valence-corrected chi connectivity index (χ1v) is 9.76. The Morgan fingerprint density at radius 1 is 0.903 bits per heavy atom. The molecule has 8 nitrogen and oxygen atoms in total. The lowest BCUT2D eigenvalue weighted by Crippen LogP contribution is -2.34. The maximum atomic E-state index is 11.9. The Labute approximate surface area is 185 Å². The molecule has 0 saturated heterocycles. The lowest BCUT2D eigenvalue weighted by Gasteiger charge is -2.18. The van der Waals surface area contributed by atoms with Gasteiger partial charge in [0, 0.05) is 13.0 Å². The summed E-state index contributed by atoms with van der Waals surface area (Å²) in [4.78, 5) is 34.9. The summed E-state index contributed by atoms with van der Waals surface area (Å²) in [5.41, 5.74) is 1.38. The minimum absolute atomic E-state index is 0.0481. The van der Waals surface area contributed by atoms with Gasteiger partial charge in [-0.05, 0) is 55.4 Å². The Hall–Kier alpha value is -3.72. The molecule has 0 radical (unpaired) electrons. The van der Waals surface area contributed by atoms with E-state index >= 15 is 0 Å². The predicted octanol–water partition coefficient (Wildman–Crippen LogP) is 3.91. The first kappa shape index (κ1) is 23.6. The van der Waals surface area contributed by atoms with Gasteiger partial charge in [-0.1, -0.05) is 30.4 Å². The third-order valence-electron chi connectivity index (χ3n) is 4.03. The van der Waals surface area contributed by atoms with Crippen molar-refractivity contribution in [2.24, 2.45) is 0 Å². The Morgan fingerprint density at radius 3 is 2.06 bits per heavy atom. The van der Waals surface area contributed by atoms with Crippen LogP contribution in [0.2, 0.25) is 0 Å². The second-order valence-corrected chi connectivity index (χ2v) is 7.36. The molecule has 1 amide bonds. The van der Waals surface area contributed by atoms with Crippen LogP contribution in [-0.4, -0.2) is 39.2 Å². The van der Waals surface area contributed by atoms with Crippen molar-refractivity contribution >= 4 is 58.7 Å². The smallest absolute Gasteiger partial charge is 0.336 e. The van der Waals surface area contributed by atoms with Crippen LogP contribution >= 0.6 is 12.2 Å². The standard InChI is InChI=1S/C22H23N3O5S/c1-12(2)23-22(31)25-19-11-17(21(29)30)15(10-18(19)24-13(3)26)9-8-14-6-4-5-7-16(14)20(27)28/h4-12H,1-3H3,(H,24,26)(H,27,28)(H,29,30)(H2,23,25,31)/b9-8+. The molecule has 2 rings (SSSR count). The molecular weight excluding hydrogens is 418 g/mol. The van der Waals surface area contributed by atoms with Gasteiger partial charge in [-0.25, -0.2) is 9.59 Å². The topological polar surface area (TPSA) is 128 Å². The highest BCUT2D eigenvalue weighted by Crippen LogP contribution is 2.29. The number of amides is 1. The lowest BCUT2D eigenvalue weighted by molar-refractivity contribution is -0.114. The van der Waals surface area contributed by atoms with Gasteiger partial charge in [0.2, 0.25) is 5.91 Å². The minimum Gasteiger partial charge on any atom is -0.478 e. The number of carbonyl (C=O) groups excluding carboxylic acids is 1. The molecular formula is C22H23N3O5S. The molecule has 162 valence electrons. The monoisotopic (exact) mass is 441 g/mol. The number of aromatic carboxylic acids is 2. The third-order valence-corrected chi connectivity index (χ3v) is 4.25. The van der Waals surface area contributed by atoms with Crippen molar-refractivity contribution in [2.45, 2.75) is 26.8 Å². The first-order chi connectivity index (χ1) is 14.6. The van der Waals surface area contributed by atoms with Crippen LogP contribution in [0.1, 0.15) is 52.6 Å². The average Bonchev–Trinajstić information content (AvgIpc) is 2.66. The van der Waals surface area contributed by atoms with E-state index in [-0.39, 0.29) is 33.8 Å². The molecule has 0 aliphatic heterocycles. The number of carboxylic acid groups (broad SMARTS) is 2. The van der Waals surface area contributed by atoms with Gasteiger partial charge in [0.05, 0.1) is 22.5 Å². The van der Waals surface area contributed by atoms with Crippen LogP contribution in [0.15, 0.2) is 36.4 Å². The van der Waals surface area contributed by atoms with Crippen LogP contribution in [-0.2, 0) is 4.79 Å². The number of rotatable bonds is 7. The first-order valence-electron chi connectivity index (χ1n) is 9.35. The summed E-state index contributed by atoms with van der Waals surface area (Å²) in [7, 11) is 0. The van der Waals surface area contributed by atoms with Crippen molar-refractivity contribution in [3.8, 4) is 0 Å². The number of anilines is 2. The molecule has 0 bridgehead atoms. The highest BCUT2D eigenvalue weighted by molar-refractivity contribution is 7.80. The molecule has 0 aromatic heterocycles. The Bertz CT molecular complexity index is 1060. The Kier molecular flexibility index (Phi) is 7.87. The molecule has 0 unspecified atom stereocenters. The molecule has 0 spiro atoms. The van der Waals surface area contributed by atoms with Crippen LogP contribution in [0.4, 0.5) is 11.4 Å². The van der Waals surface area contributed by atoms with E-state index < -0.39 is 11.9 Å². The Balaban J connectivity index is 2.54. The highest BCUT2D eigenvalue weighted by atomic mass is 32.1. The summed E-state index contributed by atoms with van der Waals surface area (Å²) < 4.78 is 0. The maximum Gasteiger partial charge on any atom is 0.336 e. The van der Waals surface area contributed by atoms with Crippen LogP contribution in [0.25, 0.3) is 12.2 Å². The molecule has 0 heterocycles. The second-order valence-electron chi connectivity index (χ2n) is 6.95. The van der Waals surface area contributed by atoms with Gasteiger partial charge in [0.15, 0.2) is 5.11 Å². The fraction of sp³-hybridized carbons (Fsp3) is 0.182. The molecule has 5 N–H and O–H groups in total. The third kappa shape index (κ3) is 6.65. The molecule has 0 aliphatic carbocycles. The number of hydrogen-bond acceptors (Lipinski definition) is 4. The molecule has 0 aliphatic rings. The summed E-state index contributed by atoms with van der Waals surface area (Å²) >= 11 is 5.23. The highest BCUT2D eigenvalue weighted by Gasteiger charge is 2.16. The number of benzene rings is 2. The number of thiocarbonyl (C=S) groups is 1. The van der Waals surface area contributed by atoms with E-state index in [0.29, 0.717) is 16.9 Å². The van der Waals surface area contributed by atoms with Crippen molar-refractivity contribution in [2.75, 3.05) is 10.6 Å². The molecule has 0 atom stereocenters. The number of carboxylic acids is 2. The zero-order chi connectivity index (χ0) is 23.1. The van der Waals surface area contributed by atoms with E-state index in [4.69, 9.17) is 12.2 Å². The minimum atomic E-state index is -1.19. The average molecular weight is 442 g/mol. The normalized spacial score (nSPS) is 10.7.